The van der Waals surface area contributed by atoms with E-state index in [1.165, 1.54) is 30.2 Å². The van der Waals surface area contributed by atoms with Gasteiger partial charge in [-0.3, -0.25) is 4.79 Å². The normalized spacial score (nSPS) is 16.2. The molecule has 1 aromatic heterocycles. The van der Waals surface area contributed by atoms with Gasteiger partial charge in [0.15, 0.2) is 0 Å². The Morgan fingerprint density at radius 3 is 2.83 bits per heavy atom. The number of tetrazole rings is 1. The van der Waals surface area contributed by atoms with E-state index in [4.69, 9.17) is 0 Å². The summed E-state index contributed by atoms with van der Waals surface area (Å²) >= 11 is 1.43. The number of hydrogen-bond acceptors (Lipinski definition) is 5. The summed E-state index contributed by atoms with van der Waals surface area (Å²) in [6, 6.07) is 10.5. The van der Waals surface area contributed by atoms with Gasteiger partial charge in [0.25, 0.3) is 0 Å². The Kier molecular flexibility index (Phi) is 5.85. The molecule has 0 saturated heterocycles. The molecule has 1 N–H and O–H groups in total. The summed E-state index contributed by atoms with van der Waals surface area (Å²) < 4.78 is 1.89. The van der Waals surface area contributed by atoms with Crippen molar-refractivity contribution in [2.24, 2.45) is 0 Å². The molecule has 1 amide bonds. The zero-order valence-electron chi connectivity index (χ0n) is 13.9. The minimum Gasteiger partial charge on any atom is -0.355 e. The molecule has 1 heterocycles. The van der Waals surface area contributed by atoms with Crippen LogP contribution in [-0.2, 0) is 11.2 Å². The fourth-order valence-corrected chi connectivity index (χ4v) is 3.85. The number of rotatable bonds is 7. The summed E-state index contributed by atoms with van der Waals surface area (Å²) in [5, 5.41) is 15.5. The summed E-state index contributed by atoms with van der Waals surface area (Å²) in [7, 11) is 0. The SMILES string of the molecule is C[C@H](Sc1nnnn1C1CCCC1)C(=O)NCCc1ccccc1. The van der Waals surface area contributed by atoms with Crippen LogP contribution in [0.3, 0.4) is 0 Å². The molecule has 0 unspecified atom stereocenters. The maximum atomic E-state index is 12.3. The predicted molar refractivity (Wildman–Crippen MR) is 93.8 cm³/mol. The lowest BCUT2D eigenvalue weighted by atomic mass is 10.1. The fourth-order valence-electron chi connectivity index (χ4n) is 2.97. The van der Waals surface area contributed by atoms with Crippen molar-refractivity contribution in [3.05, 3.63) is 35.9 Å². The Bertz CT molecular complexity index is 654. The molecule has 0 aliphatic heterocycles. The van der Waals surface area contributed by atoms with Gasteiger partial charge in [-0.05, 0) is 42.2 Å². The van der Waals surface area contributed by atoms with Gasteiger partial charge < -0.3 is 5.32 Å². The number of amides is 1. The fraction of sp³-hybridized carbons (Fsp3) is 0.529. The average molecular weight is 345 g/mol. The quantitative estimate of drug-likeness (QED) is 0.781. The van der Waals surface area contributed by atoms with Crippen LogP contribution in [0.1, 0.15) is 44.2 Å². The Hall–Kier alpha value is -1.89. The van der Waals surface area contributed by atoms with E-state index in [0.29, 0.717) is 12.6 Å². The van der Waals surface area contributed by atoms with Crippen molar-refractivity contribution in [2.75, 3.05) is 6.54 Å². The molecule has 0 spiro atoms. The van der Waals surface area contributed by atoms with Gasteiger partial charge >= 0.3 is 0 Å². The molecule has 0 radical (unpaired) electrons. The third-order valence-corrected chi connectivity index (χ3v) is 5.39. The van der Waals surface area contributed by atoms with Gasteiger partial charge in [0.05, 0.1) is 11.3 Å². The number of carbonyl (C=O) groups is 1. The van der Waals surface area contributed by atoms with E-state index >= 15 is 0 Å². The monoisotopic (exact) mass is 345 g/mol. The first-order valence-corrected chi connectivity index (χ1v) is 9.38. The number of nitrogens with zero attached hydrogens (tertiary/aromatic N) is 4. The minimum absolute atomic E-state index is 0.0249. The van der Waals surface area contributed by atoms with Gasteiger partial charge in [0.1, 0.15) is 0 Å². The molecule has 1 aromatic carbocycles. The zero-order chi connectivity index (χ0) is 16.8. The third kappa shape index (κ3) is 4.35. The highest BCUT2D eigenvalue weighted by atomic mass is 32.2. The van der Waals surface area contributed by atoms with E-state index in [9.17, 15) is 4.79 Å². The molecular weight excluding hydrogens is 322 g/mol. The van der Waals surface area contributed by atoms with Crippen LogP contribution in [0, 0.1) is 0 Å². The average Bonchev–Trinajstić information content (AvgIpc) is 3.26. The molecule has 0 bridgehead atoms. The van der Waals surface area contributed by atoms with Crippen LogP contribution in [-0.4, -0.2) is 37.9 Å². The van der Waals surface area contributed by atoms with Crippen molar-refractivity contribution >= 4 is 17.7 Å². The molecule has 3 rings (SSSR count). The predicted octanol–water partition coefficient (Wildman–Crippen LogP) is 2.63. The summed E-state index contributed by atoms with van der Waals surface area (Å²) in [4.78, 5) is 12.3. The van der Waals surface area contributed by atoms with Gasteiger partial charge in [-0.25, -0.2) is 4.68 Å². The number of hydrogen-bond donors (Lipinski definition) is 1. The molecular formula is C17H23N5OS. The second-order valence-corrected chi connectivity index (χ2v) is 7.44. The van der Waals surface area contributed by atoms with Crippen molar-refractivity contribution in [3.8, 4) is 0 Å². The van der Waals surface area contributed by atoms with Crippen molar-refractivity contribution in [3.63, 3.8) is 0 Å². The van der Waals surface area contributed by atoms with Crippen LogP contribution in [0.15, 0.2) is 35.5 Å². The topological polar surface area (TPSA) is 72.7 Å². The number of benzene rings is 1. The van der Waals surface area contributed by atoms with Gasteiger partial charge in [-0.15, -0.1) is 5.10 Å². The Labute approximate surface area is 146 Å². The van der Waals surface area contributed by atoms with Crippen LogP contribution in [0.2, 0.25) is 0 Å². The third-order valence-electron chi connectivity index (χ3n) is 4.34. The Morgan fingerprint density at radius 1 is 1.33 bits per heavy atom. The van der Waals surface area contributed by atoms with Crippen molar-refractivity contribution in [1.82, 2.24) is 25.5 Å². The molecule has 24 heavy (non-hydrogen) atoms. The molecule has 1 aliphatic rings. The summed E-state index contributed by atoms with van der Waals surface area (Å²) in [6.07, 6.45) is 5.53. The standard InChI is InChI=1S/C17H23N5OS/c1-13(16(23)18-12-11-14-7-3-2-4-8-14)24-17-19-20-21-22(17)15-9-5-6-10-15/h2-4,7-8,13,15H,5-6,9-12H2,1H3,(H,18,23)/t13-/m0/s1. The van der Waals surface area contributed by atoms with Crippen LogP contribution in [0.4, 0.5) is 0 Å². The lowest BCUT2D eigenvalue weighted by Gasteiger charge is -2.14. The minimum atomic E-state index is -0.216. The highest BCUT2D eigenvalue weighted by molar-refractivity contribution is 8.00. The van der Waals surface area contributed by atoms with E-state index < -0.39 is 0 Å². The molecule has 7 heteroatoms. The zero-order valence-corrected chi connectivity index (χ0v) is 14.7. The van der Waals surface area contributed by atoms with E-state index in [0.717, 1.165) is 24.4 Å². The maximum absolute atomic E-state index is 12.3. The largest absolute Gasteiger partial charge is 0.355 e. The molecule has 1 aliphatic carbocycles. The van der Waals surface area contributed by atoms with Crippen molar-refractivity contribution in [2.45, 2.75) is 55.5 Å². The molecule has 1 saturated carbocycles. The van der Waals surface area contributed by atoms with Crippen molar-refractivity contribution < 1.29 is 4.79 Å². The number of nitrogens with one attached hydrogen (secondary N) is 1. The van der Waals surface area contributed by atoms with E-state index in [2.05, 4.69) is 33.0 Å². The first-order valence-electron chi connectivity index (χ1n) is 8.50. The van der Waals surface area contributed by atoms with E-state index in [1.54, 1.807) is 0 Å². The molecule has 6 nitrogen and oxygen atoms in total. The molecule has 2 aromatic rings. The van der Waals surface area contributed by atoms with Crippen LogP contribution < -0.4 is 5.32 Å². The highest BCUT2D eigenvalue weighted by Gasteiger charge is 2.24. The Balaban J connectivity index is 1.48. The first-order chi connectivity index (χ1) is 11.7. The first kappa shape index (κ1) is 17.0. The van der Waals surface area contributed by atoms with Crippen molar-refractivity contribution in [1.29, 1.82) is 0 Å². The number of thioether (sulfide) groups is 1. The Morgan fingerprint density at radius 2 is 2.08 bits per heavy atom. The second-order valence-electron chi connectivity index (χ2n) is 6.13. The van der Waals surface area contributed by atoms with E-state index in [-0.39, 0.29) is 11.2 Å². The van der Waals surface area contributed by atoms with Gasteiger partial charge in [0.2, 0.25) is 11.1 Å². The smallest absolute Gasteiger partial charge is 0.233 e. The van der Waals surface area contributed by atoms with Crippen LogP contribution in [0.5, 0.6) is 0 Å². The molecule has 128 valence electrons. The summed E-state index contributed by atoms with van der Waals surface area (Å²) in [6.45, 7) is 2.54. The maximum Gasteiger partial charge on any atom is 0.233 e. The van der Waals surface area contributed by atoms with Gasteiger partial charge in [-0.1, -0.05) is 54.9 Å². The lowest BCUT2D eigenvalue weighted by molar-refractivity contribution is -0.120. The van der Waals surface area contributed by atoms with Gasteiger partial charge in [0, 0.05) is 6.54 Å². The summed E-state index contributed by atoms with van der Waals surface area (Å²) in [5.41, 5.74) is 1.23. The highest BCUT2D eigenvalue weighted by Crippen LogP contribution is 2.32. The second kappa shape index (κ2) is 8.28. The summed E-state index contributed by atoms with van der Waals surface area (Å²) in [5.74, 6) is 0.0249. The number of carbonyl (C=O) groups excluding carboxylic acids is 1. The molecule has 1 atom stereocenters. The van der Waals surface area contributed by atoms with Crippen LogP contribution >= 0.6 is 11.8 Å². The van der Waals surface area contributed by atoms with Gasteiger partial charge in [-0.2, -0.15) is 0 Å². The lowest BCUT2D eigenvalue weighted by Crippen LogP contribution is -2.32. The molecule has 1 fully saturated rings. The van der Waals surface area contributed by atoms with Crippen LogP contribution in [0.25, 0.3) is 0 Å². The number of aromatic nitrogens is 4. The van der Waals surface area contributed by atoms with E-state index in [1.807, 2.05) is 29.8 Å².